The number of fused-ring (bicyclic) bond motifs is 1. The van der Waals surface area contributed by atoms with Gasteiger partial charge in [-0.2, -0.15) is 0 Å². The van der Waals surface area contributed by atoms with E-state index in [1.54, 1.807) is 12.1 Å². The lowest BCUT2D eigenvalue weighted by molar-refractivity contribution is -0.116. The van der Waals surface area contributed by atoms with Crippen molar-refractivity contribution in [2.24, 2.45) is 27.5 Å². The molecule has 0 radical (unpaired) electrons. The Morgan fingerprint density at radius 2 is 1.56 bits per heavy atom. The SMILES string of the molecule is CC12CC=C(c3ccc(C(=O)O)cc3)C(C)(C)C1=CCN(c1cc(NC(=O)CCN3CC[S+]([O-])CC3)cc(/C(N)=N/N(N)CCN3CC[S+]([O-])CC3)c1)C2. The fourth-order valence-electron chi connectivity index (χ4n) is 8.18. The van der Waals surface area contributed by atoms with E-state index in [4.69, 9.17) is 11.6 Å². The summed E-state index contributed by atoms with van der Waals surface area (Å²) in [6.45, 7) is 12.9. The number of carbonyl (C=O) groups is 2. The zero-order valence-corrected chi connectivity index (χ0v) is 33.2. The number of aromatic carboxylic acids is 1. The van der Waals surface area contributed by atoms with Crippen LogP contribution in [0.1, 0.15) is 55.1 Å². The Morgan fingerprint density at radius 1 is 0.926 bits per heavy atom. The van der Waals surface area contributed by atoms with Crippen LogP contribution in [0, 0.1) is 10.8 Å². The molecule has 0 spiro atoms. The normalized spacial score (nSPS) is 23.0. The van der Waals surface area contributed by atoms with Gasteiger partial charge in [0.2, 0.25) is 5.91 Å². The van der Waals surface area contributed by atoms with Crippen LogP contribution in [0.3, 0.4) is 0 Å². The number of hydrazone groups is 1. The Balaban J connectivity index is 1.21. The van der Waals surface area contributed by atoms with Crippen LogP contribution in [0.5, 0.6) is 0 Å². The molecule has 1 amide bonds. The third-order valence-corrected chi connectivity index (χ3v) is 13.7. The molecule has 292 valence electrons. The summed E-state index contributed by atoms with van der Waals surface area (Å²) in [5, 5.41) is 18.4. The first-order valence-corrected chi connectivity index (χ1v) is 21.6. The highest BCUT2D eigenvalue weighted by atomic mass is 32.2. The maximum Gasteiger partial charge on any atom is 0.335 e. The lowest BCUT2D eigenvalue weighted by Gasteiger charge is -2.51. The van der Waals surface area contributed by atoms with Gasteiger partial charge in [-0.3, -0.25) is 14.6 Å². The highest BCUT2D eigenvalue weighted by Gasteiger charge is 2.46. The van der Waals surface area contributed by atoms with Crippen LogP contribution in [0.25, 0.3) is 5.57 Å². The number of amidine groups is 1. The van der Waals surface area contributed by atoms with Crippen molar-refractivity contribution in [1.82, 2.24) is 14.9 Å². The zero-order valence-electron chi connectivity index (χ0n) is 31.6. The Labute approximate surface area is 324 Å². The molecule has 3 aliphatic heterocycles. The molecule has 0 saturated carbocycles. The second-order valence-corrected chi connectivity index (χ2v) is 18.9. The van der Waals surface area contributed by atoms with Gasteiger partial charge in [-0.15, -0.1) is 5.10 Å². The number of carboxylic acid groups (broad SMARTS) is 1. The molecule has 1 aliphatic carbocycles. The lowest BCUT2D eigenvalue weighted by Crippen LogP contribution is -2.47. The van der Waals surface area contributed by atoms with Gasteiger partial charge < -0.3 is 30.2 Å². The molecule has 54 heavy (non-hydrogen) atoms. The number of hydrogen-bond acceptors (Lipinski definition) is 10. The monoisotopic (exact) mass is 778 g/mol. The van der Waals surface area contributed by atoms with E-state index >= 15 is 0 Å². The van der Waals surface area contributed by atoms with Crippen LogP contribution in [-0.4, -0.2) is 129 Å². The molecule has 1 unspecified atom stereocenters. The molecule has 0 aromatic heterocycles. The van der Waals surface area contributed by atoms with E-state index < -0.39 is 28.3 Å². The Bertz CT molecular complexity index is 1770. The lowest BCUT2D eigenvalue weighted by atomic mass is 9.58. The number of allylic oxidation sites excluding steroid dienone is 2. The molecule has 0 bridgehead atoms. The number of amides is 1. The quantitative estimate of drug-likeness (QED) is 0.0620. The van der Waals surface area contributed by atoms with Crippen LogP contribution in [-0.2, 0) is 27.1 Å². The summed E-state index contributed by atoms with van der Waals surface area (Å²) in [5.74, 6) is 8.10. The van der Waals surface area contributed by atoms with Crippen LogP contribution in [0.15, 0.2) is 65.3 Å². The van der Waals surface area contributed by atoms with Crippen molar-refractivity contribution in [1.29, 1.82) is 0 Å². The predicted octanol–water partition coefficient (Wildman–Crippen LogP) is 2.90. The zero-order chi connectivity index (χ0) is 38.6. The molecular weight excluding hydrogens is 725 g/mol. The second-order valence-electron chi connectivity index (χ2n) is 15.5. The number of benzene rings is 2. The van der Waals surface area contributed by atoms with Gasteiger partial charge in [0.1, 0.15) is 23.0 Å². The van der Waals surface area contributed by atoms with Gasteiger partial charge in [0.15, 0.2) is 5.84 Å². The van der Waals surface area contributed by atoms with E-state index in [2.05, 4.69) is 58.0 Å². The number of nitrogens with two attached hydrogens (primary N) is 2. The molecule has 3 heterocycles. The first-order valence-electron chi connectivity index (χ1n) is 18.7. The Kier molecular flexibility index (Phi) is 12.7. The summed E-state index contributed by atoms with van der Waals surface area (Å²) in [7, 11) is 0. The van der Waals surface area contributed by atoms with Crippen LogP contribution in [0.4, 0.5) is 11.4 Å². The molecule has 1 atom stereocenters. The highest BCUT2D eigenvalue weighted by molar-refractivity contribution is 7.91. The van der Waals surface area contributed by atoms with E-state index in [-0.39, 0.29) is 28.1 Å². The standard InChI is InChI=1S/C39H54N8O5S2/c1-38(2)33(28-4-6-29(7-5-28)37(49)50)8-11-39(3)27-46(13-9-34(38)39)32-25-30(36(40)43-47(41)15-14-45-18-22-54(52)23-19-45)24-31(26-32)42-35(48)10-12-44-16-20-53(51)21-17-44/h4-9,24-26H,10-23,27,41H2,1-3H3,(H2,40,43)(H,42,48)(H,49,50). The molecule has 2 fully saturated rings. The predicted molar refractivity (Wildman–Crippen MR) is 218 cm³/mol. The minimum Gasteiger partial charge on any atom is -0.616 e. The third-order valence-electron chi connectivity index (χ3n) is 11.2. The van der Waals surface area contributed by atoms with E-state index in [1.165, 1.54) is 16.3 Å². The van der Waals surface area contributed by atoms with Crippen LogP contribution in [0.2, 0.25) is 0 Å². The van der Waals surface area contributed by atoms with Crippen molar-refractivity contribution in [3.63, 3.8) is 0 Å². The van der Waals surface area contributed by atoms with E-state index in [1.807, 2.05) is 30.3 Å². The minimum atomic E-state index is -0.938. The average Bonchev–Trinajstić information content (AvgIpc) is 3.14. The number of nitrogens with one attached hydrogen (secondary N) is 1. The maximum atomic E-state index is 13.3. The van der Waals surface area contributed by atoms with Crippen molar-refractivity contribution in [3.8, 4) is 0 Å². The number of carboxylic acids is 1. The third kappa shape index (κ3) is 9.62. The Hall–Kier alpha value is -3.57. The fraction of sp³-hybridized carbons (Fsp3) is 0.513. The molecule has 15 heteroatoms. The summed E-state index contributed by atoms with van der Waals surface area (Å²) in [5.41, 5.74) is 12.1. The number of rotatable bonds is 12. The molecule has 2 aromatic rings. The molecule has 2 saturated heterocycles. The van der Waals surface area contributed by atoms with Gasteiger partial charge >= 0.3 is 5.97 Å². The van der Waals surface area contributed by atoms with Crippen molar-refractivity contribution in [3.05, 3.63) is 76.9 Å². The van der Waals surface area contributed by atoms with E-state index in [9.17, 15) is 23.8 Å². The molecule has 13 nitrogen and oxygen atoms in total. The van der Waals surface area contributed by atoms with Gasteiger partial charge in [-0.05, 0) is 47.9 Å². The van der Waals surface area contributed by atoms with E-state index in [0.29, 0.717) is 66.9 Å². The van der Waals surface area contributed by atoms with Gasteiger partial charge in [0.05, 0.1) is 12.1 Å². The smallest absolute Gasteiger partial charge is 0.335 e. The fourth-order valence-corrected chi connectivity index (χ4v) is 10.4. The first-order chi connectivity index (χ1) is 25.7. The van der Waals surface area contributed by atoms with Crippen LogP contribution >= 0.6 is 0 Å². The minimum absolute atomic E-state index is 0.112. The topological polar surface area (TPSA) is 190 Å². The molecule has 6 N–H and O–H groups in total. The van der Waals surface area contributed by atoms with Crippen molar-refractivity contribution >= 4 is 57.0 Å². The van der Waals surface area contributed by atoms with E-state index in [0.717, 1.165) is 50.4 Å². The molecule has 2 aromatic carbocycles. The molecule has 6 rings (SSSR count). The number of hydrazine groups is 1. The largest absolute Gasteiger partial charge is 0.616 e. The Morgan fingerprint density at radius 3 is 2.19 bits per heavy atom. The highest BCUT2D eigenvalue weighted by Crippen LogP contribution is 2.55. The first kappa shape index (κ1) is 40.1. The maximum absolute atomic E-state index is 13.3. The second kappa shape index (κ2) is 17.1. The summed E-state index contributed by atoms with van der Waals surface area (Å²) < 4.78 is 23.6. The average molecular weight is 779 g/mol. The van der Waals surface area contributed by atoms with Gasteiger partial charge in [-0.25, -0.2) is 15.8 Å². The summed E-state index contributed by atoms with van der Waals surface area (Å²) in [6.07, 6.45) is 5.73. The van der Waals surface area contributed by atoms with Gasteiger partial charge in [0.25, 0.3) is 0 Å². The number of anilines is 2. The number of nitrogens with zero attached hydrogens (tertiary/aromatic N) is 5. The van der Waals surface area contributed by atoms with Crippen molar-refractivity contribution in [2.75, 3.05) is 92.1 Å². The van der Waals surface area contributed by atoms with Gasteiger partial charge in [-0.1, -0.05) is 73.0 Å². The summed E-state index contributed by atoms with van der Waals surface area (Å²) in [6, 6.07) is 12.9. The van der Waals surface area contributed by atoms with Crippen LogP contribution < -0.4 is 21.8 Å². The van der Waals surface area contributed by atoms with Gasteiger partial charge in [0, 0.05) is 86.5 Å². The molecular formula is C39H54N8O5S2. The summed E-state index contributed by atoms with van der Waals surface area (Å²) in [4.78, 5) is 31.4. The summed E-state index contributed by atoms with van der Waals surface area (Å²) >= 11 is -1.52. The van der Waals surface area contributed by atoms with Crippen molar-refractivity contribution in [2.45, 2.75) is 33.6 Å². The molecule has 4 aliphatic rings. The number of hydrogen-bond donors (Lipinski definition) is 4. The number of carbonyl (C=O) groups excluding carboxylic acids is 1. The van der Waals surface area contributed by atoms with Crippen molar-refractivity contribution < 1.29 is 23.8 Å².